The van der Waals surface area contributed by atoms with E-state index in [1.807, 2.05) is 30.3 Å². The summed E-state index contributed by atoms with van der Waals surface area (Å²) in [6.45, 7) is 0.612. The molecule has 1 amide bonds. The monoisotopic (exact) mass is 289 g/mol. The van der Waals surface area contributed by atoms with E-state index in [9.17, 15) is 4.79 Å². The van der Waals surface area contributed by atoms with Gasteiger partial charge in [-0.3, -0.25) is 4.79 Å². The number of carbonyl (C=O) groups excluding carboxylic acids is 1. The zero-order valence-corrected chi connectivity index (χ0v) is 10.4. The molecule has 4 nitrogen and oxygen atoms in total. The van der Waals surface area contributed by atoms with Gasteiger partial charge < -0.3 is 5.32 Å². The number of hydrogen-bond donors (Lipinski definition) is 1. The van der Waals surface area contributed by atoms with Crippen LogP contribution < -0.4 is 5.32 Å². The Morgan fingerprint density at radius 3 is 2.82 bits per heavy atom. The summed E-state index contributed by atoms with van der Waals surface area (Å²) < 4.78 is 0.695. The van der Waals surface area contributed by atoms with Crippen LogP contribution in [0, 0.1) is 0 Å². The minimum atomic E-state index is -0.0214. The molecule has 0 atom stereocenters. The molecule has 2 heterocycles. The minimum Gasteiger partial charge on any atom is -0.348 e. The van der Waals surface area contributed by atoms with E-state index >= 15 is 0 Å². The first-order valence-corrected chi connectivity index (χ1v) is 5.94. The van der Waals surface area contributed by atoms with E-state index in [-0.39, 0.29) is 5.91 Å². The highest BCUT2D eigenvalue weighted by atomic mass is 79.9. The van der Waals surface area contributed by atoms with Gasteiger partial charge in [0.1, 0.15) is 4.60 Å². The first-order valence-electron chi connectivity index (χ1n) is 5.15. The third kappa shape index (κ3) is 1.82. The van der Waals surface area contributed by atoms with Crippen molar-refractivity contribution in [1.29, 1.82) is 0 Å². The number of fused-ring (bicyclic) bond motifs is 1. The molecule has 1 aliphatic heterocycles. The van der Waals surface area contributed by atoms with E-state index in [0.29, 0.717) is 11.1 Å². The normalized spacial score (nSPS) is 13.4. The predicted octanol–water partition coefficient (Wildman–Crippen LogP) is 2.15. The lowest BCUT2D eigenvalue weighted by atomic mass is 10.0. The molecule has 1 N–H and O–H groups in total. The lowest BCUT2D eigenvalue weighted by Crippen LogP contribution is -2.12. The van der Waals surface area contributed by atoms with Crippen molar-refractivity contribution in [3.05, 3.63) is 46.1 Å². The molecule has 17 heavy (non-hydrogen) atoms. The number of halogens is 1. The van der Waals surface area contributed by atoms with E-state index < -0.39 is 0 Å². The summed E-state index contributed by atoms with van der Waals surface area (Å²) in [5, 5.41) is 10.8. The maximum Gasteiger partial charge on any atom is 0.251 e. The minimum absolute atomic E-state index is 0.0214. The topological polar surface area (TPSA) is 54.9 Å². The van der Waals surface area contributed by atoms with Gasteiger partial charge in [-0.1, -0.05) is 12.1 Å². The van der Waals surface area contributed by atoms with Gasteiger partial charge in [0.05, 0.1) is 5.69 Å². The Balaban J connectivity index is 2.08. The van der Waals surface area contributed by atoms with Crippen LogP contribution >= 0.6 is 15.9 Å². The Morgan fingerprint density at radius 2 is 2.06 bits per heavy atom. The van der Waals surface area contributed by atoms with E-state index in [1.165, 1.54) is 0 Å². The number of aromatic nitrogens is 2. The Bertz CT molecular complexity index is 595. The quantitative estimate of drug-likeness (QED) is 0.875. The van der Waals surface area contributed by atoms with Gasteiger partial charge in [-0.05, 0) is 39.7 Å². The van der Waals surface area contributed by atoms with Crippen LogP contribution in [0.1, 0.15) is 15.9 Å². The SMILES string of the molecule is O=C1NCc2ccc(-c3ccc(Br)nn3)cc21. The molecule has 5 heteroatoms. The van der Waals surface area contributed by atoms with Crippen LogP contribution in [0.3, 0.4) is 0 Å². The summed E-state index contributed by atoms with van der Waals surface area (Å²) in [6, 6.07) is 9.46. The van der Waals surface area contributed by atoms with Crippen LogP contribution in [0.5, 0.6) is 0 Å². The highest BCUT2D eigenvalue weighted by molar-refractivity contribution is 9.10. The molecule has 0 aliphatic carbocycles. The highest BCUT2D eigenvalue weighted by Gasteiger charge is 2.19. The molecule has 0 unspecified atom stereocenters. The molecule has 1 aromatic carbocycles. The molecule has 3 rings (SSSR count). The molecule has 0 bridgehead atoms. The van der Waals surface area contributed by atoms with Gasteiger partial charge in [-0.15, -0.1) is 10.2 Å². The summed E-state index contributed by atoms with van der Waals surface area (Å²) in [4.78, 5) is 11.5. The summed E-state index contributed by atoms with van der Waals surface area (Å²) in [7, 11) is 0. The third-order valence-electron chi connectivity index (χ3n) is 2.72. The molecule has 0 fully saturated rings. The maximum absolute atomic E-state index is 11.5. The number of amides is 1. The Hall–Kier alpha value is -1.75. The Morgan fingerprint density at radius 1 is 1.18 bits per heavy atom. The Labute approximate surface area is 106 Å². The van der Waals surface area contributed by atoms with E-state index in [0.717, 1.165) is 22.4 Å². The largest absolute Gasteiger partial charge is 0.348 e. The van der Waals surface area contributed by atoms with Crippen molar-refractivity contribution in [2.45, 2.75) is 6.54 Å². The molecule has 1 aromatic heterocycles. The highest BCUT2D eigenvalue weighted by Crippen LogP contribution is 2.23. The molecule has 0 spiro atoms. The average Bonchev–Trinajstić information content (AvgIpc) is 2.72. The van der Waals surface area contributed by atoms with Crippen molar-refractivity contribution in [2.24, 2.45) is 0 Å². The molecule has 0 radical (unpaired) electrons. The van der Waals surface area contributed by atoms with Gasteiger partial charge >= 0.3 is 0 Å². The van der Waals surface area contributed by atoms with Crippen molar-refractivity contribution in [3.63, 3.8) is 0 Å². The van der Waals surface area contributed by atoms with Gasteiger partial charge in [-0.25, -0.2) is 0 Å². The van der Waals surface area contributed by atoms with Crippen molar-refractivity contribution in [2.75, 3.05) is 0 Å². The molecule has 84 valence electrons. The molecule has 1 aliphatic rings. The van der Waals surface area contributed by atoms with Gasteiger partial charge in [0.2, 0.25) is 0 Å². The van der Waals surface area contributed by atoms with Crippen LogP contribution in [0.25, 0.3) is 11.3 Å². The Kier molecular flexibility index (Phi) is 2.40. The number of nitrogens with zero attached hydrogens (tertiary/aromatic N) is 2. The fourth-order valence-electron chi connectivity index (χ4n) is 1.84. The summed E-state index contributed by atoms with van der Waals surface area (Å²) in [6.07, 6.45) is 0. The fourth-order valence-corrected chi connectivity index (χ4v) is 2.05. The van der Waals surface area contributed by atoms with Crippen LogP contribution in [0.15, 0.2) is 34.9 Å². The molecule has 0 saturated heterocycles. The first kappa shape index (κ1) is 10.4. The number of benzene rings is 1. The predicted molar refractivity (Wildman–Crippen MR) is 66.3 cm³/mol. The third-order valence-corrected chi connectivity index (χ3v) is 3.14. The second-order valence-electron chi connectivity index (χ2n) is 3.80. The number of carbonyl (C=O) groups is 1. The molecular formula is C12H8BrN3O. The number of hydrogen-bond acceptors (Lipinski definition) is 3. The van der Waals surface area contributed by atoms with Crippen LogP contribution in [-0.4, -0.2) is 16.1 Å². The zero-order chi connectivity index (χ0) is 11.8. The lowest BCUT2D eigenvalue weighted by molar-refractivity contribution is 0.0966. The van der Waals surface area contributed by atoms with Crippen LogP contribution in [0.4, 0.5) is 0 Å². The summed E-state index contributed by atoms with van der Waals surface area (Å²) in [5.74, 6) is -0.0214. The zero-order valence-electron chi connectivity index (χ0n) is 8.77. The first-order chi connectivity index (χ1) is 8.24. The molecular weight excluding hydrogens is 282 g/mol. The summed E-state index contributed by atoms with van der Waals surface area (Å²) in [5.41, 5.74) is 3.42. The summed E-state index contributed by atoms with van der Waals surface area (Å²) >= 11 is 3.24. The van der Waals surface area contributed by atoms with Crippen LogP contribution in [0.2, 0.25) is 0 Å². The van der Waals surface area contributed by atoms with Crippen molar-refractivity contribution in [1.82, 2.24) is 15.5 Å². The molecule has 2 aromatic rings. The van der Waals surface area contributed by atoms with E-state index in [1.54, 1.807) is 0 Å². The van der Waals surface area contributed by atoms with E-state index in [4.69, 9.17) is 0 Å². The van der Waals surface area contributed by atoms with Crippen molar-refractivity contribution in [3.8, 4) is 11.3 Å². The number of rotatable bonds is 1. The van der Waals surface area contributed by atoms with Crippen molar-refractivity contribution < 1.29 is 4.79 Å². The van der Waals surface area contributed by atoms with Crippen molar-refractivity contribution >= 4 is 21.8 Å². The maximum atomic E-state index is 11.5. The standard InChI is InChI=1S/C12H8BrN3O/c13-11-4-3-10(15-16-11)7-1-2-8-6-14-12(17)9(8)5-7/h1-5H,6H2,(H,14,17). The van der Waals surface area contributed by atoms with Gasteiger partial charge in [0.15, 0.2) is 0 Å². The smallest absolute Gasteiger partial charge is 0.251 e. The van der Waals surface area contributed by atoms with Gasteiger partial charge in [0.25, 0.3) is 5.91 Å². The van der Waals surface area contributed by atoms with Gasteiger partial charge in [0, 0.05) is 17.7 Å². The average molecular weight is 290 g/mol. The van der Waals surface area contributed by atoms with Gasteiger partial charge in [-0.2, -0.15) is 0 Å². The van der Waals surface area contributed by atoms with Crippen LogP contribution in [-0.2, 0) is 6.54 Å². The fraction of sp³-hybridized carbons (Fsp3) is 0.0833. The van der Waals surface area contributed by atoms with E-state index in [2.05, 4.69) is 31.4 Å². The lowest BCUT2D eigenvalue weighted by Gasteiger charge is -2.02. The number of nitrogens with one attached hydrogen (secondary N) is 1. The molecule has 0 saturated carbocycles. The second kappa shape index (κ2) is 3.92. The second-order valence-corrected chi connectivity index (χ2v) is 4.61.